The molecule has 5 heteroatoms. The average molecular weight is 405 g/mol. The van der Waals surface area contributed by atoms with E-state index in [1.54, 1.807) is 17.2 Å². The molecule has 1 aliphatic rings. The van der Waals surface area contributed by atoms with Crippen LogP contribution in [0.25, 0.3) is 10.8 Å². The molecule has 0 radical (unpaired) electrons. The van der Waals surface area contributed by atoms with Gasteiger partial charge in [-0.3, -0.25) is 5.41 Å². The fourth-order valence-electron chi connectivity index (χ4n) is 4.43. The second-order valence-corrected chi connectivity index (χ2v) is 7.66. The number of ether oxygens (including phenoxy) is 1. The Morgan fingerprint density at radius 1 is 0.871 bits per heavy atom. The highest BCUT2D eigenvalue weighted by Gasteiger charge is 2.33. The minimum absolute atomic E-state index is 0.157. The highest BCUT2D eigenvalue weighted by atomic mass is 16.5. The Morgan fingerprint density at radius 2 is 1.71 bits per heavy atom. The molecular formula is C26H19N3O2. The van der Waals surface area contributed by atoms with Crippen LogP contribution in [-0.2, 0) is 6.54 Å². The molecule has 3 heterocycles. The van der Waals surface area contributed by atoms with Crippen molar-refractivity contribution < 1.29 is 9.15 Å². The summed E-state index contributed by atoms with van der Waals surface area (Å²) >= 11 is 0. The number of hydrogen-bond donors (Lipinski definition) is 1. The first-order chi connectivity index (χ1) is 15.3. The largest absolute Gasteiger partial charge is 0.467 e. The second kappa shape index (κ2) is 6.99. The molecule has 0 saturated heterocycles. The van der Waals surface area contributed by atoms with Gasteiger partial charge in [-0.1, -0.05) is 60.7 Å². The topological polar surface area (TPSA) is 64.0 Å². The van der Waals surface area contributed by atoms with Crippen LogP contribution in [0, 0.1) is 5.41 Å². The third-order valence-electron chi connectivity index (χ3n) is 5.84. The number of hydrogen-bond acceptors (Lipinski definition) is 4. The molecule has 0 unspecified atom stereocenters. The van der Waals surface area contributed by atoms with Crippen molar-refractivity contribution in [3.05, 3.63) is 119 Å². The number of benzene rings is 3. The summed E-state index contributed by atoms with van der Waals surface area (Å²) < 4.78 is 13.5. The van der Waals surface area contributed by atoms with E-state index < -0.39 is 0 Å². The van der Waals surface area contributed by atoms with E-state index in [-0.39, 0.29) is 5.92 Å². The number of nitrogens with one attached hydrogen (secondary N) is 1. The molecule has 31 heavy (non-hydrogen) atoms. The third-order valence-corrected chi connectivity index (χ3v) is 5.84. The van der Waals surface area contributed by atoms with Gasteiger partial charge in [0.05, 0.1) is 18.4 Å². The molecule has 1 aliphatic heterocycles. The summed E-state index contributed by atoms with van der Waals surface area (Å²) in [5.74, 6) is 1.89. The smallest absolute Gasteiger partial charge is 0.228 e. The van der Waals surface area contributed by atoms with Gasteiger partial charge in [0.25, 0.3) is 0 Å². The number of furan rings is 1. The Kier molecular flexibility index (Phi) is 3.99. The minimum Gasteiger partial charge on any atom is -0.467 e. The van der Waals surface area contributed by atoms with Crippen molar-refractivity contribution in [3.8, 4) is 11.6 Å². The summed E-state index contributed by atoms with van der Waals surface area (Å²) in [7, 11) is 0. The molecule has 5 aromatic rings. The maximum absolute atomic E-state index is 9.06. The molecule has 5 nitrogen and oxygen atoms in total. The molecule has 2 aromatic heterocycles. The first-order valence-corrected chi connectivity index (χ1v) is 10.2. The van der Waals surface area contributed by atoms with Gasteiger partial charge in [-0.05, 0) is 34.5 Å². The van der Waals surface area contributed by atoms with Crippen molar-refractivity contribution in [1.82, 2.24) is 9.55 Å². The molecule has 3 aromatic carbocycles. The van der Waals surface area contributed by atoms with Crippen molar-refractivity contribution in [1.29, 1.82) is 5.41 Å². The van der Waals surface area contributed by atoms with Crippen LogP contribution < -0.4 is 10.2 Å². The van der Waals surface area contributed by atoms with Gasteiger partial charge in [0.15, 0.2) is 0 Å². The quantitative estimate of drug-likeness (QED) is 0.426. The number of fused-ring (bicyclic) bond motifs is 4. The first-order valence-electron chi connectivity index (χ1n) is 10.2. The van der Waals surface area contributed by atoms with E-state index in [9.17, 15) is 0 Å². The van der Waals surface area contributed by atoms with Crippen molar-refractivity contribution in [2.45, 2.75) is 12.5 Å². The van der Waals surface area contributed by atoms with Crippen LogP contribution in [0.1, 0.15) is 28.4 Å². The van der Waals surface area contributed by atoms with Gasteiger partial charge < -0.3 is 13.7 Å². The van der Waals surface area contributed by atoms with Gasteiger partial charge in [-0.25, -0.2) is 4.98 Å². The zero-order valence-corrected chi connectivity index (χ0v) is 16.7. The summed E-state index contributed by atoms with van der Waals surface area (Å²) in [6, 6.07) is 26.4. The van der Waals surface area contributed by atoms with Crippen LogP contribution in [-0.4, -0.2) is 9.55 Å². The summed E-state index contributed by atoms with van der Waals surface area (Å²) in [6.45, 7) is 0.440. The number of nitrogens with zero attached hydrogens (tertiary/aromatic N) is 2. The van der Waals surface area contributed by atoms with Gasteiger partial charge in [0.1, 0.15) is 23.3 Å². The van der Waals surface area contributed by atoms with Crippen LogP contribution in [0.3, 0.4) is 0 Å². The van der Waals surface area contributed by atoms with Crippen molar-refractivity contribution in [2.24, 2.45) is 0 Å². The highest BCUT2D eigenvalue weighted by molar-refractivity contribution is 5.90. The molecule has 0 saturated carbocycles. The Balaban J connectivity index is 1.63. The van der Waals surface area contributed by atoms with Crippen LogP contribution >= 0.6 is 0 Å². The van der Waals surface area contributed by atoms with E-state index >= 15 is 0 Å². The van der Waals surface area contributed by atoms with E-state index in [0.29, 0.717) is 17.9 Å². The first kappa shape index (κ1) is 17.7. The monoisotopic (exact) mass is 405 g/mol. The molecule has 0 spiro atoms. The van der Waals surface area contributed by atoms with Gasteiger partial charge in [-0.15, -0.1) is 0 Å². The standard InChI is InChI=1S/C26H19N3O2/c27-25-24-22(18-8-2-1-3-9-18)23-20-11-5-4-7-17(20)12-13-21(23)31-26(24)28-16-29(25)15-19-10-6-14-30-19/h1-14,16,22,27H,15H2/t22-/m0/s1. The van der Waals surface area contributed by atoms with Gasteiger partial charge >= 0.3 is 0 Å². The average Bonchev–Trinajstić information content (AvgIpc) is 3.33. The van der Waals surface area contributed by atoms with Gasteiger partial charge in [-0.2, -0.15) is 0 Å². The van der Waals surface area contributed by atoms with E-state index in [4.69, 9.17) is 14.6 Å². The Bertz CT molecular complexity index is 1450. The lowest BCUT2D eigenvalue weighted by Crippen LogP contribution is -2.30. The molecule has 0 amide bonds. The Labute approximate surface area is 178 Å². The molecule has 1 atom stereocenters. The highest BCUT2D eigenvalue weighted by Crippen LogP contribution is 2.47. The molecular weight excluding hydrogens is 386 g/mol. The zero-order chi connectivity index (χ0) is 20.8. The lowest BCUT2D eigenvalue weighted by Gasteiger charge is -2.29. The fraction of sp³-hybridized carbons (Fsp3) is 0.0769. The summed E-state index contributed by atoms with van der Waals surface area (Å²) in [5.41, 5.74) is 3.32. The van der Waals surface area contributed by atoms with Gasteiger partial charge in [0.2, 0.25) is 5.88 Å². The third kappa shape index (κ3) is 2.86. The number of rotatable bonds is 3. The van der Waals surface area contributed by atoms with Crippen LogP contribution in [0.5, 0.6) is 11.6 Å². The fourth-order valence-corrected chi connectivity index (χ4v) is 4.43. The summed E-state index contributed by atoms with van der Waals surface area (Å²) in [5, 5.41) is 11.3. The van der Waals surface area contributed by atoms with Crippen molar-refractivity contribution in [3.63, 3.8) is 0 Å². The van der Waals surface area contributed by atoms with Crippen LogP contribution in [0.2, 0.25) is 0 Å². The summed E-state index contributed by atoms with van der Waals surface area (Å²) in [4.78, 5) is 4.59. The van der Waals surface area contributed by atoms with E-state index in [1.165, 1.54) is 0 Å². The number of aromatic nitrogens is 2. The van der Waals surface area contributed by atoms with Crippen LogP contribution in [0.4, 0.5) is 0 Å². The minimum atomic E-state index is -0.157. The molecule has 150 valence electrons. The molecule has 0 bridgehead atoms. The molecule has 0 aliphatic carbocycles. The van der Waals surface area contributed by atoms with E-state index in [2.05, 4.69) is 35.3 Å². The maximum atomic E-state index is 9.06. The molecule has 0 fully saturated rings. The van der Waals surface area contributed by atoms with Crippen molar-refractivity contribution in [2.75, 3.05) is 0 Å². The SMILES string of the molecule is N=c1c2c(ncn1Cc1ccco1)Oc1ccc3ccccc3c1[C@@H]2c1ccccc1. The van der Waals surface area contributed by atoms with Crippen molar-refractivity contribution >= 4 is 10.8 Å². The Hall–Kier alpha value is -4.12. The van der Waals surface area contributed by atoms with Gasteiger partial charge in [0, 0.05) is 11.5 Å². The predicted molar refractivity (Wildman–Crippen MR) is 117 cm³/mol. The maximum Gasteiger partial charge on any atom is 0.228 e. The normalized spacial score (nSPS) is 14.6. The van der Waals surface area contributed by atoms with E-state index in [0.717, 1.165) is 39.0 Å². The van der Waals surface area contributed by atoms with Crippen LogP contribution in [0.15, 0.2) is 95.9 Å². The van der Waals surface area contributed by atoms with E-state index in [1.807, 2.05) is 48.5 Å². The Morgan fingerprint density at radius 3 is 2.55 bits per heavy atom. The summed E-state index contributed by atoms with van der Waals surface area (Å²) in [6.07, 6.45) is 3.29. The molecule has 1 N–H and O–H groups in total. The second-order valence-electron chi connectivity index (χ2n) is 7.66. The predicted octanol–water partition coefficient (Wildman–Crippen LogP) is 5.44. The lowest BCUT2D eigenvalue weighted by atomic mass is 9.81. The lowest BCUT2D eigenvalue weighted by molar-refractivity contribution is 0.420. The zero-order valence-electron chi connectivity index (χ0n) is 16.7. The molecule has 6 rings (SSSR count).